The van der Waals surface area contributed by atoms with Gasteiger partial charge in [0.05, 0.1) is 11.1 Å². The average molecular weight is 389 g/mol. The molecule has 0 spiro atoms. The Morgan fingerprint density at radius 2 is 1.72 bits per heavy atom. The van der Waals surface area contributed by atoms with E-state index in [0.29, 0.717) is 24.4 Å². The fourth-order valence-corrected chi connectivity index (χ4v) is 3.34. The van der Waals surface area contributed by atoms with E-state index >= 15 is 0 Å². The molecule has 29 heavy (non-hydrogen) atoms. The summed E-state index contributed by atoms with van der Waals surface area (Å²) in [6, 6.07) is 17.4. The minimum atomic E-state index is -0.233. The van der Waals surface area contributed by atoms with Gasteiger partial charge in [-0.15, -0.1) is 0 Å². The number of benzene rings is 2. The minimum absolute atomic E-state index is 0.0591. The van der Waals surface area contributed by atoms with Crippen LogP contribution in [-0.4, -0.2) is 33.7 Å². The molecule has 0 aliphatic heterocycles. The monoisotopic (exact) mass is 389 g/mol. The summed E-state index contributed by atoms with van der Waals surface area (Å²) in [7, 11) is 0. The Kier molecular flexibility index (Phi) is 6.60. The van der Waals surface area contributed by atoms with Crippen molar-refractivity contribution in [3.8, 4) is 0 Å². The van der Waals surface area contributed by atoms with Gasteiger partial charge in [0, 0.05) is 18.5 Å². The highest BCUT2D eigenvalue weighted by molar-refractivity contribution is 5.83. The molecular formula is C24H27N3O2. The minimum Gasteiger partial charge on any atom is -0.337 e. The van der Waals surface area contributed by atoms with E-state index < -0.39 is 0 Å². The van der Waals surface area contributed by atoms with E-state index in [1.807, 2.05) is 67.6 Å². The fourth-order valence-electron chi connectivity index (χ4n) is 3.34. The third-order valence-corrected chi connectivity index (χ3v) is 4.71. The summed E-state index contributed by atoms with van der Waals surface area (Å²) in [6.45, 7) is 7.07. The van der Waals surface area contributed by atoms with Gasteiger partial charge in [-0.05, 0) is 24.5 Å². The summed E-state index contributed by atoms with van der Waals surface area (Å²) in [4.78, 5) is 27.5. The summed E-state index contributed by atoms with van der Waals surface area (Å²) in [5, 5.41) is 5.78. The zero-order chi connectivity index (χ0) is 20.8. The molecule has 0 saturated carbocycles. The molecule has 1 heterocycles. The molecule has 2 aromatic carbocycles. The lowest BCUT2D eigenvalue weighted by molar-refractivity contribution is -0.132. The van der Waals surface area contributed by atoms with Crippen LogP contribution >= 0.6 is 0 Å². The molecule has 0 atom stereocenters. The second kappa shape index (κ2) is 9.32. The summed E-state index contributed by atoms with van der Waals surface area (Å²) in [6.07, 6.45) is 3.99. The second-order valence-corrected chi connectivity index (χ2v) is 7.60. The van der Waals surface area contributed by atoms with E-state index in [9.17, 15) is 9.59 Å². The Bertz CT molecular complexity index is 1070. The predicted octanol–water partition coefficient (Wildman–Crippen LogP) is 3.90. The van der Waals surface area contributed by atoms with Crippen LogP contribution < -0.4 is 5.56 Å². The van der Waals surface area contributed by atoms with Gasteiger partial charge in [-0.25, -0.2) is 4.68 Å². The van der Waals surface area contributed by atoms with Gasteiger partial charge in [0.25, 0.3) is 5.56 Å². The molecule has 0 radical (unpaired) electrons. The van der Waals surface area contributed by atoms with Gasteiger partial charge in [0.1, 0.15) is 6.54 Å². The number of aryl methyl sites for hydroxylation is 1. The van der Waals surface area contributed by atoms with Crippen LogP contribution in [0.1, 0.15) is 25.1 Å². The highest BCUT2D eigenvalue weighted by Gasteiger charge is 2.17. The van der Waals surface area contributed by atoms with Crippen LogP contribution in [0.2, 0.25) is 0 Å². The summed E-state index contributed by atoms with van der Waals surface area (Å²) < 4.78 is 1.29. The van der Waals surface area contributed by atoms with Crippen molar-refractivity contribution in [3.05, 3.63) is 82.3 Å². The van der Waals surface area contributed by atoms with E-state index in [1.165, 1.54) is 4.68 Å². The third kappa shape index (κ3) is 5.19. The van der Waals surface area contributed by atoms with Gasteiger partial charge in [-0.2, -0.15) is 5.10 Å². The number of rotatable bonds is 7. The largest absolute Gasteiger partial charge is 0.337 e. The molecule has 1 amide bonds. The smallest absolute Gasteiger partial charge is 0.275 e. The first-order chi connectivity index (χ1) is 14.0. The van der Waals surface area contributed by atoms with E-state index in [0.717, 1.165) is 16.6 Å². The Labute approximate surface area is 171 Å². The van der Waals surface area contributed by atoms with E-state index in [2.05, 4.69) is 18.9 Å². The number of aromatic nitrogens is 2. The van der Waals surface area contributed by atoms with Crippen LogP contribution in [0.3, 0.4) is 0 Å². The van der Waals surface area contributed by atoms with Crippen LogP contribution in [0.15, 0.2) is 65.5 Å². The van der Waals surface area contributed by atoms with Crippen LogP contribution in [0.25, 0.3) is 16.8 Å². The van der Waals surface area contributed by atoms with Crippen molar-refractivity contribution < 1.29 is 4.79 Å². The quantitative estimate of drug-likeness (QED) is 0.616. The number of nitrogens with zero attached hydrogens (tertiary/aromatic N) is 3. The molecule has 5 nitrogen and oxygen atoms in total. The fraction of sp³-hybridized carbons (Fsp3) is 0.292. The van der Waals surface area contributed by atoms with Crippen molar-refractivity contribution in [1.82, 2.24) is 14.7 Å². The number of carbonyl (C=O) groups is 1. The van der Waals surface area contributed by atoms with E-state index in [4.69, 9.17) is 0 Å². The highest BCUT2D eigenvalue weighted by Crippen LogP contribution is 2.12. The summed E-state index contributed by atoms with van der Waals surface area (Å²) >= 11 is 0. The maximum atomic E-state index is 13.0. The van der Waals surface area contributed by atoms with Crippen molar-refractivity contribution in [2.75, 3.05) is 13.1 Å². The van der Waals surface area contributed by atoms with Gasteiger partial charge in [0.15, 0.2) is 0 Å². The Morgan fingerprint density at radius 3 is 2.41 bits per heavy atom. The highest BCUT2D eigenvalue weighted by atomic mass is 16.2. The van der Waals surface area contributed by atoms with Crippen LogP contribution in [0, 0.1) is 12.8 Å². The third-order valence-electron chi connectivity index (χ3n) is 4.71. The van der Waals surface area contributed by atoms with Gasteiger partial charge in [-0.1, -0.05) is 74.5 Å². The van der Waals surface area contributed by atoms with E-state index in [-0.39, 0.29) is 18.0 Å². The number of amides is 1. The first-order valence-electron chi connectivity index (χ1n) is 9.91. The lowest BCUT2D eigenvalue weighted by Crippen LogP contribution is -2.39. The molecule has 0 aliphatic rings. The van der Waals surface area contributed by atoms with E-state index in [1.54, 1.807) is 11.0 Å². The maximum Gasteiger partial charge on any atom is 0.275 e. The van der Waals surface area contributed by atoms with Gasteiger partial charge >= 0.3 is 0 Å². The molecule has 0 bridgehead atoms. The van der Waals surface area contributed by atoms with Crippen LogP contribution in [0.5, 0.6) is 0 Å². The molecule has 3 aromatic rings. The number of fused-ring (bicyclic) bond motifs is 1. The normalized spacial score (nSPS) is 11.4. The summed E-state index contributed by atoms with van der Waals surface area (Å²) in [5.41, 5.74) is 1.60. The first kappa shape index (κ1) is 20.5. The molecule has 150 valence electrons. The molecule has 0 unspecified atom stereocenters. The van der Waals surface area contributed by atoms with Crippen molar-refractivity contribution in [2.24, 2.45) is 5.92 Å². The van der Waals surface area contributed by atoms with Crippen molar-refractivity contribution in [3.63, 3.8) is 0 Å². The molecule has 0 N–H and O–H groups in total. The summed E-state index contributed by atoms with van der Waals surface area (Å²) in [5.74, 6) is 0.216. The number of hydrogen-bond donors (Lipinski definition) is 0. The number of hydrogen-bond acceptors (Lipinski definition) is 3. The van der Waals surface area contributed by atoms with Gasteiger partial charge < -0.3 is 4.90 Å². The number of carbonyl (C=O) groups excluding carboxylic acids is 1. The maximum absolute atomic E-state index is 13.0. The lowest BCUT2D eigenvalue weighted by atomic mass is 10.1. The van der Waals surface area contributed by atoms with Crippen molar-refractivity contribution in [1.29, 1.82) is 0 Å². The molecule has 5 heteroatoms. The zero-order valence-electron chi connectivity index (χ0n) is 17.2. The van der Waals surface area contributed by atoms with Crippen molar-refractivity contribution in [2.45, 2.75) is 27.3 Å². The Morgan fingerprint density at radius 1 is 1.07 bits per heavy atom. The first-order valence-corrected chi connectivity index (χ1v) is 9.91. The molecule has 0 aliphatic carbocycles. The molecule has 0 fully saturated rings. The average Bonchev–Trinajstić information content (AvgIpc) is 2.71. The second-order valence-electron chi connectivity index (χ2n) is 7.60. The standard InChI is InChI=1S/C24H27N3O2/c1-18(2)16-26(15-9-12-20-10-5-4-6-11-20)23(28)17-27-24(29)22-14-8-7-13-21(22)19(3)25-27/h4-14,18H,15-17H2,1-3H3. The predicted molar refractivity (Wildman–Crippen MR) is 118 cm³/mol. The molecular weight excluding hydrogens is 362 g/mol. The Hall–Kier alpha value is -3.21. The zero-order valence-corrected chi connectivity index (χ0v) is 17.2. The SMILES string of the molecule is Cc1nn(CC(=O)N(CC=Cc2ccccc2)CC(C)C)c(=O)c2ccccc12. The topological polar surface area (TPSA) is 55.2 Å². The molecule has 1 aromatic heterocycles. The molecule has 3 rings (SSSR count). The van der Waals surface area contributed by atoms with Crippen LogP contribution in [-0.2, 0) is 11.3 Å². The van der Waals surface area contributed by atoms with Gasteiger partial charge in [-0.3, -0.25) is 9.59 Å². The lowest BCUT2D eigenvalue weighted by Gasteiger charge is -2.23. The van der Waals surface area contributed by atoms with Crippen molar-refractivity contribution >= 4 is 22.8 Å². The molecule has 0 saturated heterocycles. The van der Waals surface area contributed by atoms with Crippen LogP contribution in [0.4, 0.5) is 0 Å². The Balaban J connectivity index is 1.80. The van der Waals surface area contributed by atoms with Gasteiger partial charge in [0.2, 0.25) is 5.91 Å².